The molecular formula is C15H15ClFN3O. The van der Waals surface area contributed by atoms with Crippen LogP contribution in [0.25, 0.3) is 11.4 Å². The minimum atomic E-state index is -0.469. The van der Waals surface area contributed by atoms with Gasteiger partial charge in [-0.15, -0.1) is 0 Å². The first-order valence-electron chi connectivity index (χ1n) is 6.86. The first kappa shape index (κ1) is 14.2. The molecule has 0 aliphatic carbocycles. The summed E-state index contributed by atoms with van der Waals surface area (Å²) in [5.74, 6) is 0.790. The maximum Gasteiger partial charge on any atom is 0.161 e. The lowest BCUT2D eigenvalue weighted by Gasteiger charge is -2.20. The molecule has 0 saturated carbocycles. The zero-order valence-corrected chi connectivity index (χ0v) is 12.4. The van der Waals surface area contributed by atoms with Gasteiger partial charge in [-0.25, -0.2) is 14.4 Å². The average Bonchev–Trinajstić information content (AvgIpc) is 2.50. The van der Waals surface area contributed by atoms with Crippen LogP contribution in [0, 0.1) is 5.82 Å². The summed E-state index contributed by atoms with van der Waals surface area (Å²) >= 11 is 5.72. The molecular weight excluding hydrogens is 293 g/mol. The molecule has 110 valence electrons. The van der Waals surface area contributed by atoms with E-state index < -0.39 is 5.82 Å². The van der Waals surface area contributed by atoms with Gasteiger partial charge >= 0.3 is 0 Å². The van der Waals surface area contributed by atoms with Crippen LogP contribution in [-0.2, 0) is 17.8 Å². The van der Waals surface area contributed by atoms with E-state index in [-0.39, 0.29) is 5.02 Å². The van der Waals surface area contributed by atoms with E-state index in [9.17, 15) is 4.39 Å². The number of rotatable bonds is 3. The third kappa shape index (κ3) is 2.84. The third-order valence-corrected chi connectivity index (χ3v) is 3.65. The van der Waals surface area contributed by atoms with Crippen molar-refractivity contribution in [2.45, 2.75) is 20.0 Å². The molecule has 6 heteroatoms. The second-order valence-corrected chi connectivity index (χ2v) is 5.19. The molecule has 0 amide bonds. The Balaban J connectivity index is 2.09. The highest BCUT2D eigenvalue weighted by Gasteiger charge is 2.19. The fourth-order valence-corrected chi connectivity index (χ4v) is 2.43. The summed E-state index contributed by atoms with van der Waals surface area (Å²) in [7, 11) is 0. The molecule has 0 fully saturated rings. The predicted molar refractivity (Wildman–Crippen MR) is 80.0 cm³/mol. The number of halogens is 2. The largest absolute Gasteiger partial charge is 0.376 e. The number of benzene rings is 1. The monoisotopic (exact) mass is 307 g/mol. The standard InChI is InChI=1S/C15H15ClFN3O/c1-2-18-15-10-8-21-6-5-13(10)19-14(20-15)9-3-4-11(16)12(17)7-9/h3-4,7H,2,5-6,8H2,1H3,(H,18,19,20). The normalized spacial score (nSPS) is 13.9. The van der Waals surface area contributed by atoms with E-state index in [2.05, 4.69) is 15.3 Å². The van der Waals surface area contributed by atoms with Gasteiger partial charge in [0.25, 0.3) is 0 Å². The zero-order valence-electron chi connectivity index (χ0n) is 11.6. The molecule has 1 aliphatic rings. The summed E-state index contributed by atoms with van der Waals surface area (Å²) in [5, 5.41) is 3.32. The molecule has 2 heterocycles. The van der Waals surface area contributed by atoms with E-state index >= 15 is 0 Å². The molecule has 0 saturated heterocycles. The molecule has 1 aromatic carbocycles. The van der Waals surface area contributed by atoms with Gasteiger partial charge in [0.2, 0.25) is 0 Å². The molecule has 1 aromatic heterocycles. The maximum absolute atomic E-state index is 13.6. The van der Waals surface area contributed by atoms with Gasteiger partial charge in [0, 0.05) is 24.1 Å². The van der Waals surface area contributed by atoms with Gasteiger partial charge in [0.05, 0.1) is 23.9 Å². The summed E-state index contributed by atoms with van der Waals surface area (Å²) in [6, 6.07) is 4.60. The highest BCUT2D eigenvalue weighted by molar-refractivity contribution is 6.30. The van der Waals surface area contributed by atoms with E-state index in [0.717, 1.165) is 30.0 Å². The van der Waals surface area contributed by atoms with Crippen LogP contribution in [0.1, 0.15) is 18.2 Å². The van der Waals surface area contributed by atoms with Gasteiger partial charge in [-0.1, -0.05) is 11.6 Å². The molecule has 0 atom stereocenters. The molecule has 1 N–H and O–H groups in total. The molecule has 0 unspecified atom stereocenters. The summed E-state index contributed by atoms with van der Waals surface area (Å²) < 4.78 is 19.1. The van der Waals surface area contributed by atoms with Gasteiger partial charge in [-0.3, -0.25) is 0 Å². The van der Waals surface area contributed by atoms with Crippen molar-refractivity contribution in [2.75, 3.05) is 18.5 Å². The number of nitrogens with one attached hydrogen (secondary N) is 1. The number of aromatic nitrogens is 2. The second kappa shape index (κ2) is 5.95. The molecule has 3 rings (SSSR count). The van der Waals surface area contributed by atoms with E-state index in [4.69, 9.17) is 16.3 Å². The highest BCUT2D eigenvalue weighted by Crippen LogP contribution is 2.27. The van der Waals surface area contributed by atoms with Crippen LogP contribution in [0.3, 0.4) is 0 Å². The Morgan fingerprint density at radius 3 is 3.00 bits per heavy atom. The van der Waals surface area contributed by atoms with Crippen LogP contribution in [0.2, 0.25) is 5.02 Å². The Morgan fingerprint density at radius 1 is 1.38 bits per heavy atom. The van der Waals surface area contributed by atoms with Gasteiger partial charge in [-0.2, -0.15) is 0 Å². The first-order valence-corrected chi connectivity index (χ1v) is 7.23. The summed E-state index contributed by atoms with van der Waals surface area (Å²) in [4.78, 5) is 9.06. The van der Waals surface area contributed by atoms with Crippen molar-refractivity contribution >= 4 is 17.4 Å². The molecule has 0 bridgehead atoms. The van der Waals surface area contributed by atoms with E-state index in [1.165, 1.54) is 12.1 Å². The van der Waals surface area contributed by atoms with Gasteiger partial charge < -0.3 is 10.1 Å². The Morgan fingerprint density at radius 2 is 2.24 bits per heavy atom. The number of ether oxygens (including phenoxy) is 1. The van der Waals surface area contributed by atoms with Crippen molar-refractivity contribution in [3.05, 3.63) is 40.3 Å². The van der Waals surface area contributed by atoms with Gasteiger partial charge in [-0.05, 0) is 25.1 Å². The number of nitrogens with zero attached hydrogens (tertiary/aromatic N) is 2. The zero-order chi connectivity index (χ0) is 14.8. The topological polar surface area (TPSA) is 47.0 Å². The van der Waals surface area contributed by atoms with Crippen molar-refractivity contribution in [1.82, 2.24) is 9.97 Å². The van der Waals surface area contributed by atoms with Crippen molar-refractivity contribution in [3.8, 4) is 11.4 Å². The van der Waals surface area contributed by atoms with Crippen LogP contribution in [-0.4, -0.2) is 23.1 Å². The fraction of sp³-hybridized carbons (Fsp3) is 0.333. The van der Waals surface area contributed by atoms with E-state index in [0.29, 0.717) is 24.6 Å². The molecule has 21 heavy (non-hydrogen) atoms. The lowest BCUT2D eigenvalue weighted by molar-refractivity contribution is 0.109. The Kier molecular flexibility index (Phi) is 4.03. The number of hydrogen-bond acceptors (Lipinski definition) is 4. The van der Waals surface area contributed by atoms with Gasteiger partial charge in [0.15, 0.2) is 5.82 Å². The maximum atomic E-state index is 13.6. The van der Waals surface area contributed by atoms with Crippen molar-refractivity contribution in [2.24, 2.45) is 0 Å². The van der Waals surface area contributed by atoms with Crippen LogP contribution in [0.5, 0.6) is 0 Å². The van der Waals surface area contributed by atoms with E-state index in [1.54, 1.807) is 6.07 Å². The van der Waals surface area contributed by atoms with Crippen LogP contribution in [0.4, 0.5) is 10.2 Å². The minimum Gasteiger partial charge on any atom is -0.376 e. The second-order valence-electron chi connectivity index (χ2n) is 4.78. The number of hydrogen-bond donors (Lipinski definition) is 1. The molecule has 0 spiro atoms. The molecule has 1 aliphatic heterocycles. The highest BCUT2D eigenvalue weighted by atomic mass is 35.5. The first-order chi connectivity index (χ1) is 10.2. The quantitative estimate of drug-likeness (QED) is 0.943. The number of fused-ring (bicyclic) bond motifs is 1. The summed E-state index contributed by atoms with van der Waals surface area (Å²) in [6.45, 7) is 3.90. The smallest absolute Gasteiger partial charge is 0.161 e. The molecule has 0 radical (unpaired) electrons. The van der Waals surface area contributed by atoms with Crippen molar-refractivity contribution in [3.63, 3.8) is 0 Å². The Hall–Kier alpha value is -1.72. The minimum absolute atomic E-state index is 0.0945. The molecule has 2 aromatic rings. The average molecular weight is 308 g/mol. The molecule has 4 nitrogen and oxygen atoms in total. The SMILES string of the molecule is CCNc1nc(-c2ccc(Cl)c(F)c2)nc2c1COCC2. The number of anilines is 1. The predicted octanol–water partition coefficient (Wildman–Crippen LogP) is 3.44. The van der Waals surface area contributed by atoms with Crippen molar-refractivity contribution in [1.29, 1.82) is 0 Å². The summed E-state index contributed by atoms with van der Waals surface area (Å²) in [6.07, 6.45) is 0.735. The van der Waals surface area contributed by atoms with Gasteiger partial charge in [0.1, 0.15) is 11.6 Å². The van der Waals surface area contributed by atoms with Crippen LogP contribution >= 0.6 is 11.6 Å². The third-order valence-electron chi connectivity index (χ3n) is 3.34. The Labute approximate surface area is 127 Å². The summed E-state index contributed by atoms with van der Waals surface area (Å²) in [5.41, 5.74) is 2.56. The van der Waals surface area contributed by atoms with Crippen LogP contribution < -0.4 is 5.32 Å². The lowest BCUT2D eigenvalue weighted by atomic mass is 10.1. The Bertz CT molecular complexity index is 678. The van der Waals surface area contributed by atoms with Crippen molar-refractivity contribution < 1.29 is 9.13 Å². The van der Waals surface area contributed by atoms with Crippen LogP contribution in [0.15, 0.2) is 18.2 Å². The lowest BCUT2D eigenvalue weighted by Crippen LogP contribution is -2.17. The van der Waals surface area contributed by atoms with E-state index in [1.807, 2.05) is 6.92 Å². The fourth-order valence-electron chi connectivity index (χ4n) is 2.31.